The molecule has 16 heteroatoms. The molecule has 15 nitrogen and oxygen atoms in total. The van der Waals surface area contributed by atoms with E-state index in [4.69, 9.17) is 23.9 Å². The number of Topliss-reactive ketones (excluding diaryl/α,β-unsaturated/α-hetero) is 1. The third kappa shape index (κ3) is 8.12. The molecule has 4 bridgehead atoms. The number of esters is 1. The summed E-state index contributed by atoms with van der Waals surface area (Å²) in [6, 6.07) is 0. The number of methoxy groups -OCH3 is 1. The summed E-state index contributed by atoms with van der Waals surface area (Å²) in [5.41, 5.74) is 0.785. The van der Waals surface area contributed by atoms with Gasteiger partial charge in [-0.1, -0.05) is 57.3 Å². The van der Waals surface area contributed by atoms with E-state index in [1.54, 1.807) is 65.8 Å². The first-order chi connectivity index (χ1) is 27.8. The summed E-state index contributed by atoms with van der Waals surface area (Å²) < 4.78 is 24.3. The second kappa shape index (κ2) is 17.1. The Bertz CT molecular complexity index is 2230. The van der Waals surface area contributed by atoms with Crippen LogP contribution in [-0.2, 0) is 23.8 Å². The van der Waals surface area contributed by atoms with Crippen molar-refractivity contribution in [2.75, 3.05) is 50.6 Å². The number of nitrogens with zero attached hydrogens (tertiary/aromatic N) is 3. The van der Waals surface area contributed by atoms with E-state index in [0.717, 1.165) is 13.1 Å². The molecule has 0 radical (unpaired) electrons. The first-order valence-electron chi connectivity index (χ1n) is 19.9. The average molecular weight is 837 g/mol. The summed E-state index contributed by atoms with van der Waals surface area (Å²) >= 11 is 1.25. The fourth-order valence-corrected chi connectivity index (χ4v) is 9.37. The van der Waals surface area contributed by atoms with Crippen molar-refractivity contribution in [1.82, 2.24) is 9.88 Å². The number of aromatic hydroxyl groups is 2. The smallest absolute Gasteiger partial charge is 0.312 e. The zero-order valence-electron chi connectivity index (χ0n) is 35.2. The molecule has 0 unspecified atom stereocenters. The van der Waals surface area contributed by atoms with E-state index in [1.807, 2.05) is 7.05 Å². The lowest BCUT2D eigenvalue weighted by molar-refractivity contribution is -0.160. The van der Waals surface area contributed by atoms with Gasteiger partial charge in [0.2, 0.25) is 0 Å². The van der Waals surface area contributed by atoms with Crippen molar-refractivity contribution < 1.29 is 53.8 Å². The maximum atomic E-state index is 14.6. The second-order valence-corrected chi connectivity index (χ2v) is 17.3. The normalized spacial score (nSPS) is 31.5. The summed E-state index contributed by atoms with van der Waals surface area (Å²) in [5, 5.41) is 50.2. The molecule has 4 heterocycles. The topological polar surface area (TPSA) is 200 Å². The molecule has 9 atom stereocenters. The van der Waals surface area contributed by atoms with Gasteiger partial charge in [0.25, 0.3) is 11.7 Å². The van der Waals surface area contributed by atoms with Crippen LogP contribution >= 0.6 is 11.3 Å². The number of nitrogens with one attached hydrogen (secondary N) is 1. The number of thiazole rings is 1. The van der Waals surface area contributed by atoms with Crippen LogP contribution in [0.15, 0.2) is 36.1 Å². The van der Waals surface area contributed by atoms with E-state index in [1.165, 1.54) is 38.6 Å². The number of phenols is 2. The number of anilines is 2. The molecule has 0 spiro atoms. The summed E-state index contributed by atoms with van der Waals surface area (Å²) in [5.74, 6) is -6.77. The zero-order chi connectivity index (χ0) is 43.2. The van der Waals surface area contributed by atoms with Crippen molar-refractivity contribution in [3.8, 4) is 17.2 Å². The van der Waals surface area contributed by atoms with E-state index in [9.17, 15) is 34.8 Å². The highest BCUT2D eigenvalue weighted by Gasteiger charge is 2.50. The fourth-order valence-electron chi connectivity index (χ4n) is 8.24. The number of allylic oxidation sites excluding steroid dienone is 2. The molecule has 3 aliphatic rings. The van der Waals surface area contributed by atoms with Crippen molar-refractivity contribution in [3.63, 3.8) is 0 Å². The number of ketones is 1. The van der Waals surface area contributed by atoms with Gasteiger partial charge in [-0.3, -0.25) is 14.4 Å². The molecule has 3 aliphatic heterocycles. The van der Waals surface area contributed by atoms with Gasteiger partial charge >= 0.3 is 11.8 Å². The van der Waals surface area contributed by atoms with Gasteiger partial charge in [-0.2, -0.15) is 0 Å². The number of ether oxygens (including phenoxy) is 4. The Balaban J connectivity index is 1.54. The van der Waals surface area contributed by atoms with E-state index in [-0.39, 0.29) is 50.2 Å². The van der Waals surface area contributed by atoms with E-state index >= 15 is 0 Å². The number of rotatable bonds is 3. The number of hydrogen-bond acceptors (Lipinski definition) is 15. The van der Waals surface area contributed by atoms with Gasteiger partial charge in [-0.25, -0.2) is 4.98 Å². The highest BCUT2D eigenvalue weighted by molar-refractivity contribution is 7.23. The molecule has 2 aromatic carbocycles. The number of piperazine rings is 1. The van der Waals surface area contributed by atoms with E-state index in [0.29, 0.717) is 22.9 Å². The molecule has 1 aromatic heterocycles. The van der Waals surface area contributed by atoms with Gasteiger partial charge in [-0.05, 0) is 27.0 Å². The van der Waals surface area contributed by atoms with Crippen LogP contribution in [-0.4, -0.2) is 119 Å². The monoisotopic (exact) mass is 836 g/mol. The summed E-state index contributed by atoms with van der Waals surface area (Å²) in [6.45, 7) is 15.8. The molecule has 1 saturated heterocycles. The quantitative estimate of drug-likeness (QED) is 0.166. The Morgan fingerprint density at radius 3 is 2.31 bits per heavy atom. The molecule has 59 heavy (non-hydrogen) atoms. The maximum absolute atomic E-state index is 14.6. The van der Waals surface area contributed by atoms with Crippen LogP contribution in [0.1, 0.15) is 64.4 Å². The predicted molar refractivity (Wildman–Crippen MR) is 225 cm³/mol. The number of amides is 1. The number of hydrogen-bond donors (Lipinski definition) is 5. The summed E-state index contributed by atoms with van der Waals surface area (Å²) in [7, 11) is 3.50. The molecule has 1 amide bonds. The van der Waals surface area contributed by atoms with Crippen LogP contribution in [0.3, 0.4) is 0 Å². The standard InChI is InChI=1S/C43H56N4O11S/c1-20-12-11-13-21(2)41(54)44-32-36(52)29-28(31-39(32)59-42(45-31)47-17-15-46(9)16-18-47)30-38(25(6)35(29)51)58-43(8,40(30)53)56-19-14-27(55-10)22(3)37(57-26(7)48)24(5)34(50)23(4)33(20)49/h11-14,19-20,22-24,27,33-34,37,49-52H,15-18H2,1-10H3,(H,44,54)/b12-11-,19-14?,21-13-/t20-,22+,23+,24+,27-,33-,34+,37+,43-/m0/s1. The number of phenolic OH excluding ortho intramolecular Hbond substituents is 2. The zero-order valence-corrected chi connectivity index (χ0v) is 36.0. The van der Waals surface area contributed by atoms with Crippen molar-refractivity contribution in [1.29, 1.82) is 0 Å². The number of carbonyl (C=O) groups excluding carboxylic acids is 3. The number of aromatic nitrogens is 1. The van der Waals surface area contributed by atoms with Crippen molar-refractivity contribution >= 4 is 60.8 Å². The highest BCUT2D eigenvalue weighted by atomic mass is 32.1. The van der Waals surface area contributed by atoms with Gasteiger partial charge in [0, 0.05) is 87.3 Å². The summed E-state index contributed by atoms with van der Waals surface area (Å²) in [6.07, 6.45) is 3.98. The Hall–Kier alpha value is -4.74. The summed E-state index contributed by atoms with van der Waals surface area (Å²) in [4.78, 5) is 50.1. The predicted octanol–water partition coefficient (Wildman–Crippen LogP) is 5.41. The highest BCUT2D eigenvalue weighted by Crippen LogP contribution is 2.55. The molecule has 5 N–H and O–H groups in total. The molecular weight excluding hydrogens is 781 g/mol. The van der Waals surface area contributed by atoms with Gasteiger partial charge in [0.05, 0.1) is 45.7 Å². The third-order valence-electron chi connectivity index (χ3n) is 12.1. The molecular formula is C43H56N4O11S. The minimum atomic E-state index is -1.94. The van der Waals surface area contributed by atoms with Crippen LogP contribution in [0.2, 0.25) is 0 Å². The van der Waals surface area contributed by atoms with Crippen LogP contribution < -0.4 is 15.0 Å². The number of aliphatic hydroxyl groups is 2. The number of likely N-dealkylation sites (N-methyl/N-ethyl adjacent to an activating group) is 1. The van der Waals surface area contributed by atoms with Crippen LogP contribution in [0, 0.1) is 30.6 Å². The van der Waals surface area contributed by atoms with Crippen LogP contribution in [0.4, 0.5) is 10.8 Å². The lowest BCUT2D eigenvalue weighted by Crippen LogP contribution is -2.46. The van der Waals surface area contributed by atoms with Crippen LogP contribution in [0.5, 0.6) is 17.2 Å². The van der Waals surface area contributed by atoms with Crippen molar-refractivity contribution in [3.05, 3.63) is 47.3 Å². The fraction of sp³-hybridized carbons (Fsp3) is 0.535. The maximum Gasteiger partial charge on any atom is 0.312 e. The van der Waals surface area contributed by atoms with Gasteiger partial charge < -0.3 is 54.5 Å². The van der Waals surface area contributed by atoms with Crippen molar-refractivity contribution in [2.24, 2.45) is 23.7 Å². The molecule has 1 fully saturated rings. The largest absolute Gasteiger partial charge is 0.507 e. The molecule has 3 aromatic rings. The van der Waals surface area contributed by atoms with E-state index in [2.05, 4.69) is 15.1 Å². The molecule has 320 valence electrons. The minimum absolute atomic E-state index is 0.0250. The van der Waals surface area contributed by atoms with Crippen LogP contribution in [0.25, 0.3) is 21.0 Å². The number of benzene rings is 2. The Kier molecular flexibility index (Phi) is 12.7. The van der Waals surface area contributed by atoms with Gasteiger partial charge in [0.1, 0.15) is 23.3 Å². The Morgan fingerprint density at radius 1 is 0.983 bits per heavy atom. The number of aliphatic hydroxyl groups excluding tert-OH is 2. The number of fused-ring (bicyclic) bond motifs is 1. The first kappa shape index (κ1) is 43.8. The average Bonchev–Trinajstić information content (AvgIpc) is 3.76. The lowest BCUT2D eigenvalue weighted by atomic mass is 9.78. The third-order valence-corrected chi connectivity index (χ3v) is 13.3. The molecule has 6 rings (SSSR count). The lowest BCUT2D eigenvalue weighted by Gasteiger charge is -2.38. The SMILES string of the molecule is CO[C@H]1C=CO[C@@]2(C)Oc3c(C)c(O)c4c(O)c(c5sc(N6CCN(C)CC6)nc5c4c3C2=O)NC(=O)/C(C)=C\C=C/[C@H](C)[C@H](O)[C@@H](C)[C@@H](O)[C@@H](C)[C@H](OC(C)=O)[C@@H]1C. The molecule has 0 aliphatic carbocycles. The Labute approximate surface area is 347 Å². The van der Waals surface area contributed by atoms with E-state index < -0.39 is 77.3 Å². The molecule has 0 saturated carbocycles. The number of carbonyl (C=O) groups is 3. The minimum Gasteiger partial charge on any atom is -0.507 e. The van der Waals surface area contributed by atoms with Gasteiger partial charge in [-0.15, -0.1) is 0 Å². The van der Waals surface area contributed by atoms with Gasteiger partial charge in [0.15, 0.2) is 10.9 Å². The Morgan fingerprint density at radius 2 is 1.66 bits per heavy atom. The first-order valence-corrected chi connectivity index (χ1v) is 20.7. The second-order valence-electron chi connectivity index (χ2n) is 16.3. The van der Waals surface area contributed by atoms with Crippen molar-refractivity contribution in [2.45, 2.75) is 85.6 Å².